The van der Waals surface area contributed by atoms with Crippen LogP contribution in [0.5, 0.6) is 5.75 Å². The molecule has 0 saturated heterocycles. The quantitative estimate of drug-likeness (QED) is 0.528. The maximum atomic E-state index is 10.9. The molecule has 3 aromatic rings. The van der Waals surface area contributed by atoms with E-state index < -0.39 is 0 Å². The van der Waals surface area contributed by atoms with E-state index in [0.29, 0.717) is 24.4 Å². The second-order valence-corrected chi connectivity index (χ2v) is 4.74. The van der Waals surface area contributed by atoms with Gasteiger partial charge in [-0.2, -0.15) is 0 Å². The number of nitrogens with two attached hydrogens (primary N) is 2. The van der Waals surface area contributed by atoms with Crippen LogP contribution in [0.4, 0.5) is 5.69 Å². The molecule has 0 bridgehead atoms. The third-order valence-corrected chi connectivity index (χ3v) is 3.04. The van der Waals surface area contributed by atoms with Crippen LogP contribution in [0.3, 0.4) is 0 Å². The lowest BCUT2D eigenvalue weighted by molar-refractivity contribution is 0.477. The lowest BCUT2D eigenvalue weighted by atomic mass is 10.3. The van der Waals surface area contributed by atoms with Crippen molar-refractivity contribution in [3.8, 4) is 5.75 Å². The summed E-state index contributed by atoms with van der Waals surface area (Å²) in [5.74, 6) is -0.0220. The van der Waals surface area contributed by atoms with Gasteiger partial charge in [0.15, 0.2) is 5.58 Å². The second-order valence-electron chi connectivity index (χ2n) is 4.74. The van der Waals surface area contributed by atoms with E-state index in [9.17, 15) is 4.79 Å². The van der Waals surface area contributed by atoms with E-state index >= 15 is 0 Å². The van der Waals surface area contributed by atoms with Gasteiger partial charge in [-0.05, 0) is 24.3 Å². The number of aromatic hydroxyl groups is 1. The summed E-state index contributed by atoms with van der Waals surface area (Å²) in [7, 11) is 3.46. The van der Waals surface area contributed by atoms with Crippen LogP contribution in [-0.4, -0.2) is 29.8 Å². The number of hydrogen-bond acceptors (Lipinski definition) is 6. The fourth-order valence-electron chi connectivity index (χ4n) is 1.77. The van der Waals surface area contributed by atoms with Crippen LogP contribution in [0.15, 0.2) is 57.7 Å². The number of hydrogen-bond donors (Lipinski definition) is 4. The van der Waals surface area contributed by atoms with Crippen molar-refractivity contribution < 1.29 is 9.52 Å². The van der Waals surface area contributed by atoms with Crippen molar-refractivity contribution in [2.45, 2.75) is 0 Å². The van der Waals surface area contributed by atoms with E-state index in [4.69, 9.17) is 21.0 Å². The van der Waals surface area contributed by atoms with Gasteiger partial charge in [0.2, 0.25) is 0 Å². The molecule has 2 aromatic carbocycles. The van der Waals surface area contributed by atoms with Crippen molar-refractivity contribution in [3.05, 3.63) is 59.1 Å². The molecular formula is C17H24N4O3. The predicted molar refractivity (Wildman–Crippen MR) is 97.2 cm³/mol. The fraction of sp³-hybridized carbons (Fsp3) is 0.235. The first-order valence-electron chi connectivity index (χ1n) is 7.45. The van der Waals surface area contributed by atoms with Gasteiger partial charge in [-0.1, -0.05) is 24.3 Å². The maximum Gasteiger partial charge on any atom is 0.419 e. The molecule has 7 heteroatoms. The number of phenols is 1. The molecule has 0 atom stereocenters. The summed E-state index contributed by atoms with van der Waals surface area (Å²) in [5.41, 5.74) is 12.0. The van der Waals surface area contributed by atoms with Crippen LogP contribution in [-0.2, 0) is 7.05 Å². The van der Waals surface area contributed by atoms with Crippen molar-refractivity contribution in [3.63, 3.8) is 0 Å². The standard InChI is InChI=1S/C8H7NO2.C7H9NO.C2H8N2/c1-9-6-4-2-3-5-7(6)11-8(9)10;1-8-6-4-2-3-5-7(6)9;3-1-2-4/h2-5H,1H3;2-5,8-9H,1H3;1-4H2. The molecule has 0 spiro atoms. The highest BCUT2D eigenvalue weighted by Gasteiger charge is 2.01. The monoisotopic (exact) mass is 332 g/mol. The van der Waals surface area contributed by atoms with Crippen molar-refractivity contribution in [2.24, 2.45) is 18.5 Å². The third kappa shape index (κ3) is 5.45. The molecule has 0 aliphatic carbocycles. The van der Waals surface area contributed by atoms with E-state index in [1.165, 1.54) is 4.57 Å². The summed E-state index contributed by atoms with van der Waals surface area (Å²) in [5, 5.41) is 11.9. The van der Waals surface area contributed by atoms with Gasteiger partial charge in [0.1, 0.15) is 5.75 Å². The number of aryl methyl sites for hydroxylation is 1. The highest BCUT2D eigenvalue weighted by Crippen LogP contribution is 2.19. The first-order valence-corrected chi connectivity index (χ1v) is 7.45. The molecule has 0 unspecified atom stereocenters. The van der Waals surface area contributed by atoms with Crippen LogP contribution in [0.25, 0.3) is 11.1 Å². The topological polar surface area (TPSA) is 119 Å². The minimum atomic E-state index is -0.314. The number of nitrogens with one attached hydrogen (secondary N) is 1. The summed E-state index contributed by atoms with van der Waals surface area (Å²) in [6.07, 6.45) is 0. The molecule has 0 fully saturated rings. The molecule has 24 heavy (non-hydrogen) atoms. The van der Waals surface area contributed by atoms with Gasteiger partial charge >= 0.3 is 5.76 Å². The number of phenolic OH excluding ortho intramolecular Hbond substituents is 1. The number of anilines is 1. The summed E-state index contributed by atoms with van der Waals surface area (Å²) in [6, 6.07) is 14.4. The highest BCUT2D eigenvalue weighted by atomic mass is 16.4. The Morgan fingerprint density at radius 3 is 2.17 bits per heavy atom. The van der Waals surface area contributed by atoms with Gasteiger partial charge in [-0.3, -0.25) is 4.57 Å². The zero-order chi connectivity index (χ0) is 17.9. The Balaban J connectivity index is 0.000000201. The van der Waals surface area contributed by atoms with Gasteiger partial charge in [-0.25, -0.2) is 4.79 Å². The summed E-state index contributed by atoms with van der Waals surface area (Å²) in [4.78, 5) is 10.9. The Morgan fingerprint density at radius 2 is 1.67 bits per heavy atom. The minimum absolute atomic E-state index is 0.292. The molecule has 1 heterocycles. The van der Waals surface area contributed by atoms with Crippen LogP contribution >= 0.6 is 0 Å². The van der Waals surface area contributed by atoms with Crippen molar-refractivity contribution >= 4 is 16.8 Å². The molecule has 0 saturated carbocycles. The molecule has 3 rings (SSSR count). The number of oxazole rings is 1. The van der Waals surface area contributed by atoms with E-state index in [2.05, 4.69) is 5.32 Å². The number of para-hydroxylation sites is 4. The second kappa shape index (κ2) is 10.1. The summed E-state index contributed by atoms with van der Waals surface area (Å²) < 4.78 is 6.39. The van der Waals surface area contributed by atoms with Gasteiger partial charge in [0.05, 0.1) is 11.2 Å². The lowest BCUT2D eigenvalue weighted by Gasteiger charge is -1.99. The van der Waals surface area contributed by atoms with Crippen LogP contribution in [0.2, 0.25) is 0 Å². The fourth-order valence-corrected chi connectivity index (χ4v) is 1.77. The molecule has 0 radical (unpaired) electrons. The molecule has 0 aliphatic rings. The van der Waals surface area contributed by atoms with Crippen molar-refractivity contribution in [1.29, 1.82) is 0 Å². The molecule has 0 aliphatic heterocycles. The molecule has 0 amide bonds. The molecule has 7 nitrogen and oxygen atoms in total. The third-order valence-electron chi connectivity index (χ3n) is 3.04. The molecule has 130 valence electrons. The van der Waals surface area contributed by atoms with Crippen molar-refractivity contribution in [2.75, 3.05) is 25.5 Å². The van der Waals surface area contributed by atoms with E-state index in [-0.39, 0.29) is 5.76 Å². The van der Waals surface area contributed by atoms with Crippen molar-refractivity contribution in [1.82, 2.24) is 4.57 Å². The number of fused-ring (bicyclic) bond motifs is 1. The number of nitrogens with zero attached hydrogens (tertiary/aromatic N) is 1. The summed E-state index contributed by atoms with van der Waals surface area (Å²) >= 11 is 0. The first-order chi connectivity index (χ1) is 11.5. The van der Waals surface area contributed by atoms with Gasteiger partial charge in [-0.15, -0.1) is 0 Å². The Morgan fingerprint density at radius 1 is 1.08 bits per heavy atom. The van der Waals surface area contributed by atoms with Gasteiger partial charge < -0.3 is 26.3 Å². The van der Waals surface area contributed by atoms with Gasteiger partial charge in [0.25, 0.3) is 0 Å². The molecule has 6 N–H and O–H groups in total. The Hall–Kier alpha value is -2.77. The Bertz CT molecular complexity index is 794. The zero-order valence-electron chi connectivity index (χ0n) is 13.9. The molecule has 1 aromatic heterocycles. The lowest BCUT2D eigenvalue weighted by Crippen LogP contribution is -2.11. The van der Waals surface area contributed by atoms with Crippen LogP contribution < -0.4 is 22.5 Å². The van der Waals surface area contributed by atoms with Crippen LogP contribution in [0.1, 0.15) is 0 Å². The van der Waals surface area contributed by atoms with Gasteiger partial charge in [0, 0.05) is 27.2 Å². The Kier molecular flexibility index (Phi) is 8.10. The smallest absolute Gasteiger partial charge is 0.419 e. The largest absolute Gasteiger partial charge is 0.506 e. The van der Waals surface area contributed by atoms with E-state index in [1.54, 1.807) is 32.3 Å². The number of aromatic nitrogens is 1. The maximum absolute atomic E-state index is 10.9. The SMILES string of the molecule is CNc1ccccc1O.Cn1c(=O)oc2ccccc21.NCCN. The van der Waals surface area contributed by atoms with E-state index in [0.717, 1.165) is 11.2 Å². The number of benzene rings is 2. The zero-order valence-corrected chi connectivity index (χ0v) is 13.9. The first kappa shape index (κ1) is 19.3. The number of rotatable bonds is 2. The minimum Gasteiger partial charge on any atom is -0.506 e. The normalized spacial score (nSPS) is 9.50. The average molecular weight is 332 g/mol. The average Bonchev–Trinajstić information content (AvgIpc) is 2.91. The van der Waals surface area contributed by atoms with E-state index in [1.807, 2.05) is 30.3 Å². The Labute approximate surface area is 140 Å². The summed E-state index contributed by atoms with van der Waals surface area (Å²) in [6.45, 7) is 1.19. The highest BCUT2D eigenvalue weighted by molar-refractivity contribution is 5.72. The van der Waals surface area contributed by atoms with Crippen LogP contribution in [0, 0.1) is 0 Å². The predicted octanol–water partition coefficient (Wildman–Crippen LogP) is 1.47. The molecular weight excluding hydrogens is 308 g/mol.